The minimum atomic E-state index is -0.467. The molecule has 2 aliphatic rings. The SMILES string of the molecule is CCN(CC)[C@@H]1CCN(C(=O)c2cn(C3CCCCC3)cc(C(=O)NC(C)(C)C)c2=O)C1. The second-order valence-electron chi connectivity index (χ2n) is 10.3. The first-order chi connectivity index (χ1) is 15.1. The van der Waals surface area contributed by atoms with Crippen LogP contribution in [0, 0.1) is 0 Å². The lowest BCUT2D eigenvalue weighted by Crippen LogP contribution is -2.44. The molecule has 1 N–H and O–H groups in total. The normalized spacial score (nSPS) is 20.1. The molecule has 0 aromatic carbocycles. The number of nitrogens with one attached hydrogen (secondary N) is 1. The van der Waals surface area contributed by atoms with E-state index in [4.69, 9.17) is 0 Å². The summed E-state index contributed by atoms with van der Waals surface area (Å²) >= 11 is 0. The van der Waals surface area contributed by atoms with Crippen LogP contribution in [0.2, 0.25) is 0 Å². The highest BCUT2D eigenvalue weighted by atomic mass is 16.2. The third-order valence-corrected chi connectivity index (χ3v) is 6.78. The van der Waals surface area contributed by atoms with Crippen LogP contribution in [0.4, 0.5) is 0 Å². The van der Waals surface area contributed by atoms with Crippen molar-refractivity contribution in [2.75, 3.05) is 26.2 Å². The summed E-state index contributed by atoms with van der Waals surface area (Å²) in [6.07, 6.45) is 9.75. The second kappa shape index (κ2) is 10.2. The molecule has 1 saturated heterocycles. The maximum Gasteiger partial charge on any atom is 0.259 e. The molecule has 0 radical (unpaired) electrons. The molecule has 1 aliphatic carbocycles. The van der Waals surface area contributed by atoms with Crippen molar-refractivity contribution in [1.82, 2.24) is 19.7 Å². The fourth-order valence-corrected chi connectivity index (χ4v) is 5.04. The summed E-state index contributed by atoms with van der Waals surface area (Å²) in [5, 5.41) is 2.90. The monoisotopic (exact) mass is 444 g/mol. The zero-order valence-electron chi connectivity index (χ0n) is 20.4. The number of amides is 2. The van der Waals surface area contributed by atoms with Crippen LogP contribution in [-0.2, 0) is 0 Å². The molecule has 32 heavy (non-hydrogen) atoms. The molecular formula is C25H40N4O3. The van der Waals surface area contributed by atoms with Crippen molar-refractivity contribution in [2.45, 2.75) is 90.8 Å². The predicted molar refractivity (Wildman–Crippen MR) is 127 cm³/mol. The van der Waals surface area contributed by atoms with E-state index in [-0.39, 0.29) is 23.1 Å². The summed E-state index contributed by atoms with van der Waals surface area (Å²) in [5.74, 6) is -0.663. The molecule has 3 rings (SSSR count). The number of likely N-dealkylation sites (N-methyl/N-ethyl adjacent to an activating group) is 1. The Balaban J connectivity index is 1.95. The molecule has 2 heterocycles. The zero-order chi connectivity index (χ0) is 23.5. The lowest BCUT2D eigenvalue weighted by Gasteiger charge is -2.27. The van der Waals surface area contributed by atoms with E-state index >= 15 is 0 Å². The van der Waals surface area contributed by atoms with E-state index in [1.54, 1.807) is 17.3 Å². The number of likely N-dealkylation sites (tertiary alicyclic amines) is 1. The molecule has 1 aliphatic heterocycles. The molecular weight excluding hydrogens is 404 g/mol. The molecule has 0 spiro atoms. The number of aromatic nitrogens is 1. The van der Waals surface area contributed by atoms with Crippen molar-refractivity contribution >= 4 is 11.8 Å². The van der Waals surface area contributed by atoms with Gasteiger partial charge in [0.2, 0.25) is 5.43 Å². The van der Waals surface area contributed by atoms with Gasteiger partial charge in [0, 0.05) is 43.1 Å². The molecule has 1 aromatic heterocycles. The molecule has 178 valence electrons. The summed E-state index contributed by atoms with van der Waals surface area (Å²) in [6.45, 7) is 13.1. The lowest BCUT2D eigenvalue weighted by molar-refractivity contribution is 0.0775. The molecule has 7 nitrogen and oxygen atoms in total. The van der Waals surface area contributed by atoms with Gasteiger partial charge in [0.1, 0.15) is 11.1 Å². The van der Waals surface area contributed by atoms with Gasteiger partial charge in [-0.05, 0) is 53.1 Å². The highest BCUT2D eigenvalue weighted by molar-refractivity contribution is 5.99. The van der Waals surface area contributed by atoms with Crippen LogP contribution < -0.4 is 10.7 Å². The topological polar surface area (TPSA) is 74.7 Å². The number of pyridine rings is 1. The van der Waals surface area contributed by atoms with Crippen molar-refractivity contribution in [3.8, 4) is 0 Å². The van der Waals surface area contributed by atoms with Gasteiger partial charge in [-0.15, -0.1) is 0 Å². The van der Waals surface area contributed by atoms with Gasteiger partial charge in [-0.25, -0.2) is 0 Å². The average Bonchev–Trinajstić information content (AvgIpc) is 3.23. The minimum Gasteiger partial charge on any atom is -0.349 e. The van der Waals surface area contributed by atoms with E-state index in [0.717, 1.165) is 45.2 Å². The smallest absolute Gasteiger partial charge is 0.259 e. The van der Waals surface area contributed by atoms with Crippen molar-refractivity contribution in [1.29, 1.82) is 0 Å². The highest BCUT2D eigenvalue weighted by Gasteiger charge is 2.32. The Bertz CT molecular complexity index is 876. The van der Waals surface area contributed by atoms with E-state index < -0.39 is 16.9 Å². The van der Waals surface area contributed by atoms with Gasteiger partial charge in [-0.2, -0.15) is 0 Å². The van der Waals surface area contributed by atoms with Gasteiger partial charge in [0.05, 0.1) is 0 Å². The van der Waals surface area contributed by atoms with Crippen LogP contribution >= 0.6 is 0 Å². The second-order valence-corrected chi connectivity index (χ2v) is 10.3. The molecule has 2 amide bonds. The summed E-state index contributed by atoms with van der Waals surface area (Å²) < 4.78 is 1.96. The average molecular weight is 445 g/mol. The molecule has 0 unspecified atom stereocenters. The fourth-order valence-electron chi connectivity index (χ4n) is 5.04. The standard InChI is InChI=1S/C25H40N4O3/c1-6-27(7-2)19-13-14-28(15-19)24(32)21-17-29(18-11-9-8-10-12-18)16-20(22(21)30)23(31)26-25(3,4)5/h16-19H,6-15H2,1-5H3,(H,26,31)/t19-/m1/s1. The first-order valence-corrected chi connectivity index (χ1v) is 12.3. The van der Waals surface area contributed by atoms with Crippen LogP contribution in [-0.4, -0.2) is 63.9 Å². The summed E-state index contributed by atoms with van der Waals surface area (Å²) in [4.78, 5) is 43.9. The lowest BCUT2D eigenvalue weighted by atomic mass is 9.95. The van der Waals surface area contributed by atoms with Gasteiger partial charge in [0.25, 0.3) is 11.8 Å². The number of hydrogen-bond donors (Lipinski definition) is 1. The Hall–Kier alpha value is -2.15. The van der Waals surface area contributed by atoms with Crippen LogP contribution in [0.15, 0.2) is 17.2 Å². The Labute approximate surface area is 192 Å². The largest absolute Gasteiger partial charge is 0.349 e. The van der Waals surface area contributed by atoms with Crippen molar-refractivity contribution in [2.24, 2.45) is 0 Å². The van der Waals surface area contributed by atoms with Crippen molar-refractivity contribution < 1.29 is 9.59 Å². The zero-order valence-corrected chi connectivity index (χ0v) is 20.4. The molecule has 0 bridgehead atoms. The van der Waals surface area contributed by atoms with Gasteiger partial charge in [0.15, 0.2) is 0 Å². The number of hydrogen-bond acceptors (Lipinski definition) is 4. The van der Waals surface area contributed by atoms with Gasteiger partial charge in [-0.3, -0.25) is 19.3 Å². The predicted octanol–water partition coefficient (Wildman–Crippen LogP) is 3.44. The summed E-state index contributed by atoms with van der Waals surface area (Å²) in [7, 11) is 0. The third-order valence-electron chi connectivity index (χ3n) is 6.78. The molecule has 2 fully saturated rings. The number of carbonyl (C=O) groups is 2. The quantitative estimate of drug-likeness (QED) is 0.729. The van der Waals surface area contributed by atoms with E-state index in [2.05, 4.69) is 24.1 Å². The van der Waals surface area contributed by atoms with Crippen molar-refractivity contribution in [3.05, 3.63) is 33.7 Å². The van der Waals surface area contributed by atoms with Gasteiger partial charge < -0.3 is 14.8 Å². The van der Waals surface area contributed by atoms with E-state index in [0.29, 0.717) is 19.1 Å². The number of rotatable bonds is 6. The first-order valence-electron chi connectivity index (χ1n) is 12.3. The van der Waals surface area contributed by atoms with E-state index in [1.807, 2.05) is 25.3 Å². The van der Waals surface area contributed by atoms with E-state index in [9.17, 15) is 14.4 Å². The number of carbonyl (C=O) groups excluding carboxylic acids is 2. The van der Waals surface area contributed by atoms with Crippen LogP contribution in [0.1, 0.15) is 99.9 Å². The maximum atomic E-state index is 13.5. The highest BCUT2D eigenvalue weighted by Crippen LogP contribution is 2.28. The van der Waals surface area contributed by atoms with Crippen LogP contribution in [0.5, 0.6) is 0 Å². The molecule has 1 atom stereocenters. The Morgan fingerprint density at radius 1 is 1.03 bits per heavy atom. The summed E-state index contributed by atoms with van der Waals surface area (Å²) in [5.41, 5.74) is -0.742. The fraction of sp³-hybridized carbons (Fsp3) is 0.720. The summed E-state index contributed by atoms with van der Waals surface area (Å²) in [6, 6.07) is 0.543. The molecule has 1 aromatic rings. The first kappa shape index (κ1) is 24.5. The van der Waals surface area contributed by atoms with Crippen molar-refractivity contribution in [3.63, 3.8) is 0 Å². The number of nitrogens with zero attached hydrogens (tertiary/aromatic N) is 3. The molecule has 1 saturated carbocycles. The Kier molecular flexibility index (Phi) is 7.80. The molecule has 7 heteroatoms. The van der Waals surface area contributed by atoms with Crippen LogP contribution in [0.25, 0.3) is 0 Å². The van der Waals surface area contributed by atoms with Gasteiger partial charge in [-0.1, -0.05) is 33.1 Å². The minimum absolute atomic E-state index is 0.0656. The van der Waals surface area contributed by atoms with Crippen LogP contribution in [0.3, 0.4) is 0 Å². The van der Waals surface area contributed by atoms with E-state index in [1.165, 1.54) is 6.42 Å². The maximum absolute atomic E-state index is 13.5. The van der Waals surface area contributed by atoms with Gasteiger partial charge >= 0.3 is 0 Å². The Morgan fingerprint density at radius 2 is 1.66 bits per heavy atom. The Morgan fingerprint density at radius 3 is 2.25 bits per heavy atom. The third kappa shape index (κ3) is 5.61.